The van der Waals surface area contributed by atoms with Crippen LogP contribution in [0.25, 0.3) is 0 Å². The van der Waals surface area contributed by atoms with E-state index in [-0.39, 0.29) is 0 Å². The van der Waals surface area contributed by atoms with E-state index in [2.05, 4.69) is 13.0 Å². The molecule has 0 spiro atoms. The average Bonchev–Trinajstić information content (AvgIpc) is 2.46. The third kappa shape index (κ3) is 1.12. The number of methoxy groups -OCH3 is 1. The molecule has 0 saturated heterocycles. The standard InChI is InChI=1S/C10H16O/c1-7-3-8-4-9(6-11-2)10(7)5-8/h4,7-8,10H,3,5-6H2,1-2H3/t7?,8-,10?/m0/s1. The Morgan fingerprint density at radius 3 is 2.91 bits per heavy atom. The van der Waals surface area contributed by atoms with Crippen LogP contribution in [0.2, 0.25) is 0 Å². The van der Waals surface area contributed by atoms with Crippen molar-refractivity contribution >= 4 is 0 Å². The molecule has 62 valence electrons. The molecule has 0 aliphatic heterocycles. The number of fused-ring (bicyclic) bond motifs is 2. The summed E-state index contributed by atoms with van der Waals surface area (Å²) in [6.45, 7) is 3.23. The summed E-state index contributed by atoms with van der Waals surface area (Å²) in [7, 11) is 1.79. The van der Waals surface area contributed by atoms with Gasteiger partial charge in [-0.3, -0.25) is 0 Å². The molecule has 0 aromatic rings. The molecule has 2 aliphatic rings. The summed E-state index contributed by atoms with van der Waals surface area (Å²) < 4.78 is 5.16. The molecule has 1 nitrogen and oxygen atoms in total. The first-order chi connectivity index (χ1) is 5.31. The van der Waals surface area contributed by atoms with Crippen molar-refractivity contribution in [3.63, 3.8) is 0 Å². The van der Waals surface area contributed by atoms with Crippen LogP contribution in [0.5, 0.6) is 0 Å². The van der Waals surface area contributed by atoms with Crippen molar-refractivity contribution in [1.82, 2.24) is 0 Å². The fraction of sp³-hybridized carbons (Fsp3) is 0.800. The van der Waals surface area contributed by atoms with Crippen LogP contribution in [0.3, 0.4) is 0 Å². The predicted molar refractivity (Wildman–Crippen MR) is 45.3 cm³/mol. The van der Waals surface area contributed by atoms with Crippen molar-refractivity contribution in [3.8, 4) is 0 Å². The van der Waals surface area contributed by atoms with Gasteiger partial charge in [-0.2, -0.15) is 0 Å². The van der Waals surface area contributed by atoms with Gasteiger partial charge in [-0.25, -0.2) is 0 Å². The van der Waals surface area contributed by atoms with Crippen LogP contribution in [0.15, 0.2) is 11.6 Å². The second-order valence-electron chi connectivity index (χ2n) is 3.99. The van der Waals surface area contributed by atoms with E-state index >= 15 is 0 Å². The molecule has 0 N–H and O–H groups in total. The normalized spacial score (nSPS) is 41.3. The first-order valence-corrected chi connectivity index (χ1v) is 4.50. The number of rotatable bonds is 2. The maximum atomic E-state index is 5.16. The molecular formula is C10H16O. The lowest BCUT2D eigenvalue weighted by Crippen LogP contribution is -2.11. The van der Waals surface area contributed by atoms with Crippen LogP contribution in [-0.2, 0) is 4.74 Å². The summed E-state index contributed by atoms with van der Waals surface area (Å²) in [5, 5.41) is 0. The Morgan fingerprint density at radius 2 is 2.36 bits per heavy atom. The van der Waals surface area contributed by atoms with E-state index in [0.717, 1.165) is 24.4 Å². The van der Waals surface area contributed by atoms with Gasteiger partial charge in [-0.1, -0.05) is 13.0 Å². The van der Waals surface area contributed by atoms with Crippen molar-refractivity contribution in [3.05, 3.63) is 11.6 Å². The Balaban J connectivity index is 2.07. The number of hydrogen-bond donors (Lipinski definition) is 0. The maximum absolute atomic E-state index is 5.16. The summed E-state index contributed by atoms with van der Waals surface area (Å²) >= 11 is 0. The number of allylic oxidation sites excluding steroid dienone is 1. The van der Waals surface area contributed by atoms with E-state index < -0.39 is 0 Å². The zero-order chi connectivity index (χ0) is 7.84. The first-order valence-electron chi connectivity index (χ1n) is 4.50. The molecule has 0 aromatic carbocycles. The van der Waals surface area contributed by atoms with Crippen LogP contribution in [0.4, 0.5) is 0 Å². The third-order valence-electron chi connectivity index (χ3n) is 3.16. The highest BCUT2D eigenvalue weighted by atomic mass is 16.5. The summed E-state index contributed by atoms with van der Waals surface area (Å²) in [5.74, 6) is 2.66. The molecular weight excluding hydrogens is 136 g/mol. The zero-order valence-electron chi connectivity index (χ0n) is 7.34. The predicted octanol–water partition coefficient (Wildman–Crippen LogP) is 2.24. The molecule has 2 aliphatic carbocycles. The van der Waals surface area contributed by atoms with Crippen LogP contribution >= 0.6 is 0 Å². The van der Waals surface area contributed by atoms with E-state index in [4.69, 9.17) is 4.74 Å². The molecule has 2 rings (SSSR count). The van der Waals surface area contributed by atoms with Gasteiger partial charge in [-0.15, -0.1) is 0 Å². The Hall–Kier alpha value is -0.300. The lowest BCUT2D eigenvalue weighted by molar-refractivity contribution is 0.212. The Bertz CT molecular complexity index is 183. The minimum atomic E-state index is 0.861. The largest absolute Gasteiger partial charge is 0.380 e. The lowest BCUT2D eigenvalue weighted by atomic mass is 9.89. The summed E-state index contributed by atoms with van der Waals surface area (Å²) in [5.41, 5.74) is 1.57. The topological polar surface area (TPSA) is 9.23 Å². The van der Waals surface area contributed by atoms with E-state index in [0.29, 0.717) is 0 Å². The highest BCUT2D eigenvalue weighted by molar-refractivity contribution is 5.21. The first kappa shape index (κ1) is 7.35. The van der Waals surface area contributed by atoms with Gasteiger partial charge in [0.15, 0.2) is 0 Å². The Morgan fingerprint density at radius 1 is 1.55 bits per heavy atom. The Kier molecular flexibility index (Phi) is 1.76. The SMILES string of the molecule is COCC1=C[C@@H]2CC(C)C1C2. The van der Waals surface area contributed by atoms with Crippen molar-refractivity contribution < 1.29 is 4.74 Å². The minimum absolute atomic E-state index is 0.861. The van der Waals surface area contributed by atoms with Gasteiger partial charge >= 0.3 is 0 Å². The molecule has 1 saturated carbocycles. The van der Waals surface area contributed by atoms with Gasteiger partial charge in [-0.05, 0) is 36.2 Å². The monoisotopic (exact) mass is 152 g/mol. The van der Waals surface area contributed by atoms with E-state index in [1.807, 2.05) is 0 Å². The van der Waals surface area contributed by atoms with Gasteiger partial charge < -0.3 is 4.74 Å². The molecule has 1 fully saturated rings. The molecule has 1 heteroatoms. The quantitative estimate of drug-likeness (QED) is 0.551. The summed E-state index contributed by atoms with van der Waals surface area (Å²) in [4.78, 5) is 0. The van der Waals surface area contributed by atoms with Crippen LogP contribution < -0.4 is 0 Å². The molecule has 2 bridgehead atoms. The number of hydrogen-bond acceptors (Lipinski definition) is 1. The van der Waals surface area contributed by atoms with Gasteiger partial charge in [0.05, 0.1) is 6.61 Å². The average molecular weight is 152 g/mol. The maximum Gasteiger partial charge on any atom is 0.0675 e. The van der Waals surface area contributed by atoms with E-state index in [9.17, 15) is 0 Å². The fourth-order valence-corrected chi connectivity index (χ4v) is 2.70. The second-order valence-corrected chi connectivity index (χ2v) is 3.99. The summed E-state index contributed by atoms with van der Waals surface area (Å²) in [6, 6.07) is 0. The van der Waals surface area contributed by atoms with E-state index in [1.165, 1.54) is 12.8 Å². The molecule has 0 radical (unpaired) electrons. The highest BCUT2D eigenvalue weighted by Gasteiger charge is 2.37. The zero-order valence-corrected chi connectivity index (χ0v) is 7.34. The van der Waals surface area contributed by atoms with Crippen LogP contribution in [0, 0.1) is 17.8 Å². The minimum Gasteiger partial charge on any atom is -0.380 e. The van der Waals surface area contributed by atoms with E-state index in [1.54, 1.807) is 12.7 Å². The lowest BCUT2D eigenvalue weighted by Gasteiger charge is -2.18. The van der Waals surface area contributed by atoms with Gasteiger partial charge in [0, 0.05) is 7.11 Å². The van der Waals surface area contributed by atoms with Crippen molar-refractivity contribution in [2.75, 3.05) is 13.7 Å². The van der Waals surface area contributed by atoms with Gasteiger partial charge in [0.1, 0.15) is 0 Å². The molecule has 2 unspecified atom stereocenters. The van der Waals surface area contributed by atoms with Crippen LogP contribution in [-0.4, -0.2) is 13.7 Å². The van der Waals surface area contributed by atoms with Crippen molar-refractivity contribution in [2.24, 2.45) is 17.8 Å². The Labute approximate surface area is 68.4 Å². The van der Waals surface area contributed by atoms with Crippen molar-refractivity contribution in [2.45, 2.75) is 19.8 Å². The smallest absolute Gasteiger partial charge is 0.0675 e. The number of ether oxygens (including phenoxy) is 1. The van der Waals surface area contributed by atoms with Gasteiger partial charge in [0.2, 0.25) is 0 Å². The molecule has 3 atom stereocenters. The summed E-state index contributed by atoms with van der Waals surface area (Å²) in [6.07, 6.45) is 5.26. The fourth-order valence-electron chi connectivity index (χ4n) is 2.70. The van der Waals surface area contributed by atoms with Gasteiger partial charge in [0.25, 0.3) is 0 Å². The molecule has 0 aromatic heterocycles. The van der Waals surface area contributed by atoms with Crippen molar-refractivity contribution in [1.29, 1.82) is 0 Å². The highest BCUT2D eigenvalue weighted by Crippen LogP contribution is 2.47. The molecule has 0 amide bonds. The molecule has 0 heterocycles. The van der Waals surface area contributed by atoms with Crippen LogP contribution in [0.1, 0.15) is 19.8 Å². The third-order valence-corrected chi connectivity index (χ3v) is 3.16. The molecule has 11 heavy (non-hydrogen) atoms. The second kappa shape index (κ2) is 2.63.